The Kier molecular flexibility index (Phi) is 0.872. The fourth-order valence-electron chi connectivity index (χ4n) is 0.559. The fourth-order valence-corrected chi connectivity index (χ4v) is 5.03. The first kappa shape index (κ1) is 4.51. The van der Waals surface area contributed by atoms with Gasteiger partial charge in [-0.05, 0) is 0 Å². The van der Waals surface area contributed by atoms with Crippen LogP contribution in [0.1, 0.15) is 0 Å². The van der Waals surface area contributed by atoms with Crippen LogP contribution in [0.5, 0.6) is 0 Å². The lowest BCUT2D eigenvalue weighted by Crippen LogP contribution is -2.69. The van der Waals surface area contributed by atoms with E-state index >= 15 is 0 Å². The van der Waals surface area contributed by atoms with Crippen molar-refractivity contribution in [2.24, 2.45) is 0 Å². The third kappa shape index (κ3) is 0.702. The largest absolute Gasteiger partial charge is 0.435 e. The second-order valence-electron chi connectivity index (χ2n) is 2.50. The van der Waals surface area contributed by atoms with Gasteiger partial charge in [-0.2, -0.15) is 0 Å². The van der Waals surface area contributed by atoms with E-state index in [-0.39, 0.29) is 19.7 Å². The zero-order valence-corrected chi connectivity index (χ0v) is 7.19. The second-order valence-corrected chi connectivity index (χ2v) is 9.45. The van der Waals surface area contributed by atoms with Gasteiger partial charge in [0.1, 0.15) is 0 Å². The Hall–Kier alpha value is 0.354. The molecule has 4 heteroatoms. The molecule has 0 radical (unpaired) electrons. The molecule has 1 heterocycles. The van der Waals surface area contributed by atoms with E-state index in [1.54, 1.807) is 0 Å². The molecule has 0 saturated carbocycles. The average molecular weight is 119 g/mol. The smallest absolute Gasteiger partial charge is 0.315 e. The first-order chi connectivity index (χ1) is 2.71. The fraction of sp³-hybridized carbons (Fsp3) is 1.00. The third-order valence-electron chi connectivity index (χ3n) is 1.08. The molecule has 0 aliphatic carbocycles. The molecule has 0 unspecified atom stereocenters. The highest BCUT2D eigenvalue weighted by atomic mass is 28.4. The van der Waals surface area contributed by atoms with E-state index in [0.717, 1.165) is 0 Å². The Balaban J connectivity index is 2.31. The lowest BCUT2D eigenvalue weighted by Gasteiger charge is -2.39. The Morgan fingerprint density at radius 1 is 1.33 bits per heavy atom. The molecule has 36 valence electrons. The summed E-state index contributed by atoms with van der Waals surface area (Å²) in [4.78, 5) is 0. The topological polar surface area (TPSA) is 12.0 Å². The Morgan fingerprint density at radius 3 is 1.67 bits per heavy atom. The van der Waals surface area contributed by atoms with E-state index < -0.39 is 0 Å². The summed E-state index contributed by atoms with van der Waals surface area (Å²) in [6.07, 6.45) is 0. The van der Waals surface area contributed by atoms with E-state index in [1.807, 2.05) is 0 Å². The summed E-state index contributed by atoms with van der Waals surface area (Å²) in [6, 6.07) is 0. The predicted octanol–water partition coefficient (Wildman–Crippen LogP) is -2.34. The van der Waals surface area contributed by atoms with Crippen LogP contribution in [0.3, 0.4) is 0 Å². The first-order valence-corrected chi connectivity index (χ1v) is 4.91. The summed E-state index contributed by atoms with van der Waals surface area (Å²) in [5, 5.41) is 0. The molecule has 6 heavy (non-hydrogen) atoms. The van der Waals surface area contributed by atoms with Gasteiger partial charge in [-0.1, -0.05) is 0 Å². The summed E-state index contributed by atoms with van der Waals surface area (Å²) in [5.74, 6) is 0. The lowest BCUT2D eigenvalue weighted by molar-refractivity contribution is -0.672. The third-order valence-corrected chi connectivity index (χ3v) is 5.92. The Morgan fingerprint density at radius 2 is 1.67 bits per heavy atom. The van der Waals surface area contributed by atoms with Crippen molar-refractivity contribution in [1.29, 1.82) is 0 Å². The number of rotatable bonds is 0. The molecule has 1 rings (SSSR count). The monoisotopic (exact) mass is 119 g/mol. The summed E-state index contributed by atoms with van der Waals surface area (Å²) in [5.41, 5.74) is 0. The van der Waals surface area contributed by atoms with Crippen LogP contribution in [0.15, 0.2) is 0 Å². The van der Waals surface area contributed by atoms with Crippen LogP contribution in [0, 0.1) is 0 Å². The van der Waals surface area contributed by atoms with Crippen LogP contribution in [-0.4, -0.2) is 37.6 Å². The quantitative estimate of drug-likeness (QED) is 0.353. The average Bonchev–Trinajstić information content (AvgIpc) is 1.32. The molecule has 0 aromatic carbocycles. The summed E-state index contributed by atoms with van der Waals surface area (Å²) < 4.78 is 4.87. The minimum atomic E-state index is 0.182. The van der Waals surface area contributed by atoms with Crippen molar-refractivity contribution in [3.8, 4) is 0 Å². The normalized spacial score (nSPS) is 37.0. The SMILES string of the molecule is C[N+]1(C)[SiH2]N[SiH2]1. The molecule has 1 aliphatic rings. The number of hydrogen-bond donors (Lipinski definition) is 1. The minimum Gasteiger partial charge on any atom is -0.435 e. The second kappa shape index (κ2) is 1.16. The van der Waals surface area contributed by atoms with Gasteiger partial charge in [-0.3, -0.25) is 4.65 Å². The molecule has 0 atom stereocenters. The maximum Gasteiger partial charge on any atom is 0.315 e. The van der Waals surface area contributed by atoms with Crippen LogP contribution in [0.25, 0.3) is 0 Å². The van der Waals surface area contributed by atoms with Crippen molar-refractivity contribution < 1.29 is 3.81 Å². The predicted molar refractivity (Wildman–Crippen MR) is 32.3 cm³/mol. The standard InChI is InChI=1S/C2H11N2Si2/c1-4(2)5-3-6-4/h3H,5-6H2,1-2H3/q+1. The maximum absolute atomic E-state index is 3.45. The molecule has 2 nitrogen and oxygen atoms in total. The van der Waals surface area contributed by atoms with E-state index in [4.69, 9.17) is 0 Å². The molecule has 0 aromatic rings. The minimum absolute atomic E-state index is 0.182. The Labute approximate surface area is 43.1 Å². The van der Waals surface area contributed by atoms with Crippen LogP contribution < -0.4 is 4.65 Å². The van der Waals surface area contributed by atoms with Gasteiger partial charge in [0.25, 0.3) is 0 Å². The maximum atomic E-state index is 3.45. The van der Waals surface area contributed by atoms with Gasteiger partial charge in [0.15, 0.2) is 0 Å². The van der Waals surface area contributed by atoms with Crippen molar-refractivity contribution in [3.05, 3.63) is 0 Å². The van der Waals surface area contributed by atoms with E-state index in [0.29, 0.717) is 0 Å². The van der Waals surface area contributed by atoms with Crippen LogP contribution in [0.4, 0.5) is 0 Å². The van der Waals surface area contributed by atoms with E-state index in [9.17, 15) is 0 Å². The molecule has 1 aliphatic heterocycles. The zero-order chi connectivity index (χ0) is 4.62. The van der Waals surface area contributed by atoms with Gasteiger partial charge >= 0.3 is 19.7 Å². The molecule has 0 amide bonds. The number of nitrogens with zero attached hydrogens (tertiary/aromatic N) is 1. The molecular formula is C2H11N2Si2+. The van der Waals surface area contributed by atoms with Gasteiger partial charge in [0.05, 0.1) is 0 Å². The molecule has 1 N–H and O–H groups in total. The molecule has 0 spiro atoms. The van der Waals surface area contributed by atoms with Crippen molar-refractivity contribution in [1.82, 2.24) is 4.65 Å². The van der Waals surface area contributed by atoms with Gasteiger partial charge in [-0.15, -0.1) is 0 Å². The van der Waals surface area contributed by atoms with E-state index in [1.165, 1.54) is 3.81 Å². The molecule has 1 fully saturated rings. The summed E-state index contributed by atoms with van der Waals surface area (Å²) in [7, 11) is 5.02. The highest BCUT2D eigenvalue weighted by molar-refractivity contribution is 6.56. The van der Waals surface area contributed by atoms with E-state index in [2.05, 4.69) is 18.7 Å². The van der Waals surface area contributed by atoms with Crippen molar-refractivity contribution in [2.75, 3.05) is 14.1 Å². The van der Waals surface area contributed by atoms with Crippen LogP contribution in [0.2, 0.25) is 0 Å². The molecular weight excluding hydrogens is 108 g/mol. The van der Waals surface area contributed by atoms with Crippen LogP contribution >= 0.6 is 0 Å². The number of nitrogens with one attached hydrogen (secondary N) is 1. The van der Waals surface area contributed by atoms with Gasteiger partial charge in [0, 0.05) is 14.1 Å². The lowest BCUT2D eigenvalue weighted by atomic mass is 11.3. The summed E-state index contributed by atoms with van der Waals surface area (Å²) in [6.45, 7) is 0. The molecule has 0 bridgehead atoms. The zero-order valence-electron chi connectivity index (χ0n) is 4.36. The summed E-state index contributed by atoms with van der Waals surface area (Å²) >= 11 is 0. The van der Waals surface area contributed by atoms with Crippen LogP contribution in [-0.2, 0) is 0 Å². The molecule has 1 saturated heterocycles. The highest BCUT2D eigenvalue weighted by Gasteiger charge is 2.24. The highest BCUT2D eigenvalue weighted by Crippen LogP contribution is 1.91. The number of quaternary nitrogens is 1. The van der Waals surface area contributed by atoms with Gasteiger partial charge in [0.2, 0.25) is 0 Å². The van der Waals surface area contributed by atoms with Crippen molar-refractivity contribution in [2.45, 2.75) is 0 Å². The first-order valence-electron chi connectivity index (χ1n) is 2.23. The van der Waals surface area contributed by atoms with Crippen molar-refractivity contribution in [3.63, 3.8) is 0 Å². The van der Waals surface area contributed by atoms with Gasteiger partial charge in [-0.25, -0.2) is 0 Å². The van der Waals surface area contributed by atoms with Gasteiger partial charge < -0.3 is 3.81 Å². The Bertz CT molecular complexity index is 56.6. The number of hydrogen-bond acceptors (Lipinski definition) is 1. The molecule has 0 aromatic heterocycles. The van der Waals surface area contributed by atoms with Crippen molar-refractivity contribution >= 4 is 19.7 Å².